The third kappa shape index (κ3) is 1.91. The van der Waals surface area contributed by atoms with Gasteiger partial charge in [-0.25, -0.2) is 0 Å². The van der Waals surface area contributed by atoms with Gasteiger partial charge in [-0.1, -0.05) is 39.0 Å². The summed E-state index contributed by atoms with van der Waals surface area (Å²) in [6.07, 6.45) is 1.67. The second-order valence-corrected chi connectivity index (χ2v) is 5.72. The van der Waals surface area contributed by atoms with Crippen LogP contribution in [0.5, 0.6) is 0 Å². The molecule has 0 spiro atoms. The van der Waals surface area contributed by atoms with Crippen LogP contribution in [0.15, 0.2) is 36.5 Å². The number of nitrogens with zero attached hydrogens (tertiary/aromatic N) is 1. The molecule has 0 radical (unpaired) electrons. The van der Waals surface area contributed by atoms with Crippen LogP contribution in [0.25, 0.3) is 10.9 Å². The zero-order valence-corrected chi connectivity index (χ0v) is 10.9. The van der Waals surface area contributed by atoms with E-state index in [0.717, 1.165) is 16.4 Å². The number of rotatable bonds is 1. The summed E-state index contributed by atoms with van der Waals surface area (Å²) in [5.41, 5.74) is 2.04. The van der Waals surface area contributed by atoms with E-state index in [4.69, 9.17) is 9.31 Å². The molecule has 1 saturated heterocycles. The molecule has 1 aromatic heterocycles. The molecule has 0 aliphatic carbocycles. The molecule has 0 amide bonds. The minimum absolute atomic E-state index is 0.0132. The second-order valence-electron chi connectivity index (χ2n) is 5.72. The van der Waals surface area contributed by atoms with Crippen molar-refractivity contribution in [3.05, 3.63) is 36.5 Å². The molecule has 0 bridgehead atoms. The summed E-state index contributed by atoms with van der Waals surface area (Å²) in [5, 5.41) is 1.09. The number of pyridine rings is 1. The van der Waals surface area contributed by atoms with Gasteiger partial charge >= 0.3 is 7.12 Å². The summed E-state index contributed by atoms with van der Waals surface area (Å²) in [7, 11) is -0.262. The quantitative estimate of drug-likeness (QED) is 0.718. The molecule has 2 heterocycles. The van der Waals surface area contributed by atoms with E-state index in [0.29, 0.717) is 0 Å². The van der Waals surface area contributed by atoms with Crippen LogP contribution in [0, 0.1) is 5.41 Å². The molecule has 92 valence electrons. The molecule has 0 saturated carbocycles. The molecule has 1 aliphatic heterocycles. The highest BCUT2D eigenvalue weighted by Gasteiger charge is 2.44. The van der Waals surface area contributed by atoms with Gasteiger partial charge in [-0.3, -0.25) is 4.98 Å². The summed E-state index contributed by atoms with van der Waals surface area (Å²) in [6, 6.07) is 10.0. The lowest BCUT2D eigenvalue weighted by Crippen LogP contribution is -2.57. The Bertz CT molecular complexity index is 568. The Morgan fingerprint density at radius 3 is 2.56 bits per heavy atom. The van der Waals surface area contributed by atoms with Crippen LogP contribution in [0.2, 0.25) is 0 Å². The lowest BCUT2D eigenvalue weighted by atomic mass is 9.72. The Morgan fingerprint density at radius 2 is 1.83 bits per heavy atom. The van der Waals surface area contributed by atoms with Crippen molar-refractivity contribution in [3.63, 3.8) is 0 Å². The van der Waals surface area contributed by atoms with Gasteiger partial charge in [0.25, 0.3) is 0 Å². The highest BCUT2D eigenvalue weighted by Crippen LogP contribution is 2.31. The highest BCUT2D eigenvalue weighted by atomic mass is 16.8. The van der Waals surface area contributed by atoms with Crippen molar-refractivity contribution < 1.29 is 9.31 Å². The molecule has 3 nitrogen and oxygen atoms in total. The zero-order valence-electron chi connectivity index (χ0n) is 10.9. The van der Waals surface area contributed by atoms with E-state index in [1.165, 1.54) is 0 Å². The Balaban J connectivity index is 1.89. The van der Waals surface area contributed by atoms with Crippen molar-refractivity contribution in [1.82, 2.24) is 4.98 Å². The van der Waals surface area contributed by atoms with E-state index in [1.807, 2.05) is 24.3 Å². The Kier molecular flexibility index (Phi) is 2.65. The van der Waals surface area contributed by atoms with Gasteiger partial charge in [-0.2, -0.15) is 0 Å². The first-order valence-electron chi connectivity index (χ1n) is 6.20. The zero-order chi connectivity index (χ0) is 12.8. The van der Waals surface area contributed by atoms with Gasteiger partial charge in [0.2, 0.25) is 0 Å². The molecule has 18 heavy (non-hydrogen) atoms. The Morgan fingerprint density at radius 1 is 1.11 bits per heavy atom. The van der Waals surface area contributed by atoms with Crippen LogP contribution in [0.4, 0.5) is 0 Å². The van der Waals surface area contributed by atoms with Crippen LogP contribution in [0.3, 0.4) is 0 Å². The number of aromatic nitrogens is 1. The van der Waals surface area contributed by atoms with E-state index < -0.39 is 0 Å². The summed E-state index contributed by atoms with van der Waals surface area (Å²) in [4.78, 5) is 4.34. The standard InChI is InChI=1S/C14H16BNO2/c1-14(2,3)13-17-15(18-13)11-8-9-16-12-7-5-4-6-10(11)12/h4-9,13H,1-3H3. The fraction of sp³-hybridized carbons (Fsp3) is 0.357. The van der Waals surface area contributed by atoms with Gasteiger partial charge in [-0.05, 0) is 23.0 Å². The molecular formula is C14H16BNO2. The Labute approximate surface area is 107 Å². The SMILES string of the molecule is CC(C)(C)C1OB(c2ccnc3ccccc23)O1. The molecular weight excluding hydrogens is 225 g/mol. The molecule has 3 rings (SSSR count). The minimum atomic E-state index is -0.262. The number of fused-ring (bicyclic) bond motifs is 1. The highest BCUT2D eigenvalue weighted by molar-refractivity contribution is 6.65. The first-order valence-corrected chi connectivity index (χ1v) is 6.20. The smallest absolute Gasteiger partial charge is 0.382 e. The van der Waals surface area contributed by atoms with Gasteiger partial charge in [-0.15, -0.1) is 0 Å². The Hall–Kier alpha value is -1.39. The van der Waals surface area contributed by atoms with E-state index in [1.54, 1.807) is 6.20 Å². The molecule has 0 unspecified atom stereocenters. The van der Waals surface area contributed by atoms with E-state index in [-0.39, 0.29) is 18.8 Å². The predicted molar refractivity (Wildman–Crippen MR) is 72.5 cm³/mol. The maximum Gasteiger partial charge on any atom is 0.498 e. The summed E-state index contributed by atoms with van der Waals surface area (Å²) in [5.74, 6) is 0. The summed E-state index contributed by atoms with van der Waals surface area (Å²) >= 11 is 0. The molecule has 0 N–H and O–H groups in total. The van der Waals surface area contributed by atoms with Crippen LogP contribution in [0.1, 0.15) is 20.8 Å². The van der Waals surface area contributed by atoms with E-state index >= 15 is 0 Å². The maximum absolute atomic E-state index is 5.85. The fourth-order valence-corrected chi connectivity index (χ4v) is 2.11. The number of benzene rings is 1. The van der Waals surface area contributed by atoms with Crippen LogP contribution in [-0.4, -0.2) is 18.4 Å². The maximum atomic E-state index is 5.85. The first-order chi connectivity index (χ1) is 8.55. The minimum Gasteiger partial charge on any atom is -0.382 e. The van der Waals surface area contributed by atoms with Crippen LogP contribution in [-0.2, 0) is 9.31 Å². The topological polar surface area (TPSA) is 31.4 Å². The monoisotopic (exact) mass is 241 g/mol. The largest absolute Gasteiger partial charge is 0.498 e. The normalized spacial score (nSPS) is 16.9. The lowest BCUT2D eigenvalue weighted by Gasteiger charge is -2.42. The van der Waals surface area contributed by atoms with E-state index in [2.05, 4.69) is 31.8 Å². The van der Waals surface area contributed by atoms with Gasteiger partial charge in [0.05, 0.1) is 5.52 Å². The average Bonchev–Trinajstić information content (AvgIpc) is 2.25. The predicted octanol–water partition coefficient (Wildman–Crippen LogP) is 2.35. The molecule has 4 heteroatoms. The van der Waals surface area contributed by atoms with Gasteiger partial charge in [0.15, 0.2) is 0 Å². The molecule has 1 aliphatic rings. The molecule has 2 aromatic rings. The summed E-state index contributed by atoms with van der Waals surface area (Å²) in [6.45, 7) is 6.33. The van der Waals surface area contributed by atoms with Crippen molar-refractivity contribution in [2.75, 3.05) is 0 Å². The van der Waals surface area contributed by atoms with Gasteiger partial charge in [0.1, 0.15) is 6.29 Å². The summed E-state index contributed by atoms with van der Waals surface area (Å²) < 4.78 is 11.7. The van der Waals surface area contributed by atoms with Gasteiger partial charge < -0.3 is 9.31 Å². The fourth-order valence-electron chi connectivity index (χ4n) is 2.11. The van der Waals surface area contributed by atoms with Crippen molar-refractivity contribution in [3.8, 4) is 0 Å². The number of hydrogen-bond donors (Lipinski definition) is 0. The van der Waals surface area contributed by atoms with Crippen LogP contribution < -0.4 is 5.46 Å². The van der Waals surface area contributed by atoms with E-state index in [9.17, 15) is 0 Å². The lowest BCUT2D eigenvalue weighted by molar-refractivity contribution is -0.167. The number of hydrogen-bond acceptors (Lipinski definition) is 3. The van der Waals surface area contributed by atoms with Crippen LogP contribution >= 0.6 is 0 Å². The van der Waals surface area contributed by atoms with Crippen molar-refractivity contribution in [2.24, 2.45) is 5.41 Å². The number of para-hydroxylation sites is 1. The van der Waals surface area contributed by atoms with Crippen molar-refractivity contribution >= 4 is 23.5 Å². The molecule has 1 aromatic carbocycles. The third-order valence-electron chi connectivity index (χ3n) is 3.14. The molecule has 0 atom stereocenters. The van der Waals surface area contributed by atoms with Gasteiger partial charge in [0, 0.05) is 11.6 Å². The van der Waals surface area contributed by atoms with Crippen molar-refractivity contribution in [1.29, 1.82) is 0 Å². The third-order valence-corrected chi connectivity index (χ3v) is 3.14. The van der Waals surface area contributed by atoms with Crippen molar-refractivity contribution in [2.45, 2.75) is 27.1 Å². The average molecular weight is 241 g/mol. The second kappa shape index (κ2) is 4.07. The molecule has 1 fully saturated rings. The first kappa shape index (κ1) is 11.7.